The molecule has 5 rings (SSSR count). The van der Waals surface area contributed by atoms with E-state index in [1.54, 1.807) is 11.3 Å². The molecule has 1 aromatic heterocycles. The van der Waals surface area contributed by atoms with Gasteiger partial charge in [-0.1, -0.05) is 0 Å². The van der Waals surface area contributed by atoms with E-state index in [0.29, 0.717) is 11.8 Å². The fourth-order valence-corrected chi connectivity index (χ4v) is 5.91. The smallest absolute Gasteiger partial charge is 0.0963 e. The van der Waals surface area contributed by atoms with Gasteiger partial charge in [-0.15, -0.1) is 11.3 Å². The lowest BCUT2D eigenvalue weighted by atomic mass is 9.48. The highest BCUT2D eigenvalue weighted by Gasteiger charge is 2.57. The normalized spacial score (nSPS) is 47.6. The molecule has 0 aliphatic heterocycles. The zero-order valence-electron chi connectivity index (χ0n) is 10.4. The van der Waals surface area contributed by atoms with E-state index in [-0.39, 0.29) is 0 Å². The highest BCUT2D eigenvalue weighted by molar-refractivity contribution is 7.10. The Morgan fingerprint density at radius 3 is 2.18 bits per heavy atom. The van der Waals surface area contributed by atoms with Crippen molar-refractivity contribution < 1.29 is 5.11 Å². The summed E-state index contributed by atoms with van der Waals surface area (Å²) in [7, 11) is 0. The molecule has 0 radical (unpaired) electrons. The van der Waals surface area contributed by atoms with Crippen LogP contribution in [0.25, 0.3) is 0 Å². The van der Waals surface area contributed by atoms with Crippen molar-refractivity contribution in [2.24, 2.45) is 23.7 Å². The summed E-state index contributed by atoms with van der Waals surface area (Å²) in [6, 6.07) is 2.18. The average molecular weight is 248 g/mol. The standard InChI is InChI=1S/C15H20OS/c1-9-14(2-3-17-9)15(16)12-5-10-4-11(7-12)8-13(15)6-10/h2-3,10-13,16H,4-8H2,1H3. The number of thiophene rings is 1. The Kier molecular flexibility index (Phi) is 2.09. The van der Waals surface area contributed by atoms with Crippen LogP contribution >= 0.6 is 11.3 Å². The minimum atomic E-state index is -0.475. The lowest BCUT2D eigenvalue weighted by molar-refractivity contribution is -0.179. The molecular weight excluding hydrogens is 228 g/mol. The molecule has 4 bridgehead atoms. The van der Waals surface area contributed by atoms with Gasteiger partial charge in [0.2, 0.25) is 0 Å². The monoisotopic (exact) mass is 248 g/mol. The van der Waals surface area contributed by atoms with Crippen LogP contribution in [0, 0.1) is 30.6 Å². The van der Waals surface area contributed by atoms with Crippen molar-refractivity contribution >= 4 is 11.3 Å². The van der Waals surface area contributed by atoms with Crippen LogP contribution in [0.5, 0.6) is 0 Å². The van der Waals surface area contributed by atoms with Crippen LogP contribution in [-0.2, 0) is 5.60 Å². The predicted octanol–water partition coefficient (Wildman–Crippen LogP) is 3.70. The Balaban J connectivity index is 1.81. The maximum absolute atomic E-state index is 11.3. The molecule has 0 atom stereocenters. The first-order chi connectivity index (χ1) is 8.18. The molecule has 17 heavy (non-hydrogen) atoms. The third kappa shape index (κ3) is 1.29. The van der Waals surface area contributed by atoms with Crippen LogP contribution in [0.2, 0.25) is 0 Å². The van der Waals surface area contributed by atoms with Gasteiger partial charge in [0.05, 0.1) is 5.60 Å². The molecule has 0 saturated heterocycles. The van der Waals surface area contributed by atoms with Gasteiger partial charge in [-0.3, -0.25) is 0 Å². The van der Waals surface area contributed by atoms with Crippen molar-refractivity contribution in [3.05, 3.63) is 21.9 Å². The zero-order valence-corrected chi connectivity index (χ0v) is 11.2. The van der Waals surface area contributed by atoms with E-state index in [1.807, 2.05) is 0 Å². The summed E-state index contributed by atoms with van der Waals surface area (Å²) in [5.41, 5.74) is 0.786. The molecule has 0 spiro atoms. The van der Waals surface area contributed by atoms with Crippen LogP contribution in [0.4, 0.5) is 0 Å². The summed E-state index contributed by atoms with van der Waals surface area (Å²) >= 11 is 1.79. The van der Waals surface area contributed by atoms with Gasteiger partial charge in [-0.2, -0.15) is 0 Å². The predicted molar refractivity (Wildman–Crippen MR) is 70.0 cm³/mol. The molecule has 1 N–H and O–H groups in total. The number of hydrogen-bond donors (Lipinski definition) is 1. The molecule has 1 heterocycles. The molecule has 4 aliphatic rings. The topological polar surface area (TPSA) is 20.2 Å². The Morgan fingerprint density at radius 1 is 1.12 bits per heavy atom. The Hall–Kier alpha value is -0.340. The van der Waals surface area contributed by atoms with E-state index in [9.17, 15) is 5.11 Å². The van der Waals surface area contributed by atoms with Gasteiger partial charge in [0.1, 0.15) is 0 Å². The average Bonchev–Trinajstić information content (AvgIpc) is 2.71. The highest BCUT2D eigenvalue weighted by Crippen LogP contribution is 2.62. The van der Waals surface area contributed by atoms with Gasteiger partial charge < -0.3 is 5.11 Å². The van der Waals surface area contributed by atoms with Crippen molar-refractivity contribution in [3.8, 4) is 0 Å². The van der Waals surface area contributed by atoms with E-state index >= 15 is 0 Å². The first-order valence-electron chi connectivity index (χ1n) is 6.95. The van der Waals surface area contributed by atoms with E-state index in [4.69, 9.17) is 0 Å². The van der Waals surface area contributed by atoms with E-state index in [0.717, 1.165) is 11.8 Å². The minimum absolute atomic E-state index is 0.475. The first kappa shape index (κ1) is 10.6. The van der Waals surface area contributed by atoms with Crippen LogP contribution in [-0.4, -0.2) is 5.11 Å². The third-order valence-electron chi connectivity index (χ3n) is 5.67. The number of aryl methyl sites for hydroxylation is 1. The van der Waals surface area contributed by atoms with Crippen molar-refractivity contribution in [1.29, 1.82) is 0 Å². The molecule has 1 aromatic rings. The maximum Gasteiger partial charge on any atom is 0.0963 e. The molecule has 4 aliphatic carbocycles. The second-order valence-corrected chi connectivity index (χ2v) is 7.64. The van der Waals surface area contributed by atoms with Crippen LogP contribution in [0.15, 0.2) is 11.4 Å². The molecule has 0 unspecified atom stereocenters. The van der Waals surface area contributed by atoms with Gasteiger partial charge in [-0.25, -0.2) is 0 Å². The van der Waals surface area contributed by atoms with Crippen LogP contribution in [0.1, 0.15) is 42.5 Å². The fourth-order valence-electron chi connectivity index (χ4n) is 5.14. The lowest BCUT2D eigenvalue weighted by Crippen LogP contribution is -2.55. The van der Waals surface area contributed by atoms with Crippen molar-refractivity contribution in [2.75, 3.05) is 0 Å². The molecule has 1 nitrogen and oxygen atoms in total. The maximum atomic E-state index is 11.3. The van der Waals surface area contributed by atoms with E-state index in [2.05, 4.69) is 18.4 Å². The lowest BCUT2D eigenvalue weighted by Gasteiger charge is -2.59. The second-order valence-electron chi connectivity index (χ2n) is 6.52. The summed E-state index contributed by atoms with van der Waals surface area (Å²) in [6.07, 6.45) is 6.56. The molecule has 4 saturated carbocycles. The quantitative estimate of drug-likeness (QED) is 0.803. The van der Waals surface area contributed by atoms with Crippen LogP contribution in [0.3, 0.4) is 0 Å². The summed E-state index contributed by atoms with van der Waals surface area (Å²) < 4.78 is 0. The van der Waals surface area contributed by atoms with Gasteiger partial charge in [0.15, 0.2) is 0 Å². The number of hydrogen-bond acceptors (Lipinski definition) is 2. The Morgan fingerprint density at radius 2 is 1.71 bits per heavy atom. The summed E-state index contributed by atoms with van der Waals surface area (Å²) in [6.45, 7) is 2.17. The first-order valence-corrected chi connectivity index (χ1v) is 7.82. The van der Waals surface area contributed by atoms with Gasteiger partial charge in [0.25, 0.3) is 0 Å². The zero-order chi connectivity index (χ0) is 11.6. The second kappa shape index (κ2) is 3.36. The Labute approximate surface area is 107 Å². The number of aliphatic hydroxyl groups is 1. The third-order valence-corrected chi connectivity index (χ3v) is 6.52. The van der Waals surface area contributed by atoms with Gasteiger partial charge >= 0.3 is 0 Å². The van der Waals surface area contributed by atoms with Gasteiger partial charge in [0, 0.05) is 4.88 Å². The minimum Gasteiger partial charge on any atom is -0.385 e. The number of rotatable bonds is 1. The van der Waals surface area contributed by atoms with E-state index < -0.39 is 5.60 Å². The molecule has 0 amide bonds. The molecule has 92 valence electrons. The SMILES string of the molecule is Cc1sccc1C1(O)C2CC3CC(C2)CC1C3. The molecule has 4 fully saturated rings. The van der Waals surface area contributed by atoms with Gasteiger partial charge in [-0.05, 0) is 79.7 Å². The largest absolute Gasteiger partial charge is 0.385 e. The highest BCUT2D eigenvalue weighted by atomic mass is 32.1. The van der Waals surface area contributed by atoms with Crippen molar-refractivity contribution in [3.63, 3.8) is 0 Å². The van der Waals surface area contributed by atoms with Crippen molar-refractivity contribution in [2.45, 2.75) is 44.6 Å². The van der Waals surface area contributed by atoms with E-state index in [1.165, 1.54) is 42.5 Å². The molecular formula is C15H20OS. The summed E-state index contributed by atoms with van der Waals surface area (Å²) in [4.78, 5) is 1.33. The summed E-state index contributed by atoms with van der Waals surface area (Å²) in [5.74, 6) is 2.95. The fraction of sp³-hybridized carbons (Fsp3) is 0.733. The van der Waals surface area contributed by atoms with Crippen LogP contribution < -0.4 is 0 Å². The summed E-state index contributed by atoms with van der Waals surface area (Å²) in [5, 5.41) is 13.5. The molecule has 2 heteroatoms. The Bertz CT molecular complexity index is 420. The molecule has 0 aromatic carbocycles. The van der Waals surface area contributed by atoms with Crippen molar-refractivity contribution in [1.82, 2.24) is 0 Å².